The van der Waals surface area contributed by atoms with Gasteiger partial charge in [-0.25, -0.2) is 13.2 Å². The van der Waals surface area contributed by atoms with Crippen molar-refractivity contribution in [1.29, 1.82) is 0 Å². The molecule has 0 unspecified atom stereocenters. The van der Waals surface area contributed by atoms with Gasteiger partial charge in [-0.3, -0.25) is 0 Å². The van der Waals surface area contributed by atoms with Gasteiger partial charge in [0.05, 0.1) is 38.2 Å². The second kappa shape index (κ2) is 10.9. The van der Waals surface area contributed by atoms with Gasteiger partial charge in [-0.05, 0) is 50.2 Å². The van der Waals surface area contributed by atoms with E-state index in [4.69, 9.17) is 9.47 Å². The molecule has 0 amide bonds. The summed E-state index contributed by atoms with van der Waals surface area (Å²) in [5, 5.41) is 0. The highest BCUT2D eigenvalue weighted by Crippen LogP contribution is 2.13. The molecule has 29 heavy (non-hydrogen) atoms. The Balaban J connectivity index is 0.000000326. The number of aryl methyl sites for hydroxylation is 1. The normalized spacial score (nSPS) is 11.2. The summed E-state index contributed by atoms with van der Waals surface area (Å²) in [6, 6.07) is 12.8. The average molecular weight is 424 g/mol. The molecule has 8 heteroatoms. The molecular formula is C21H29NO6S. The van der Waals surface area contributed by atoms with Crippen molar-refractivity contribution in [2.24, 2.45) is 0 Å². The van der Waals surface area contributed by atoms with E-state index in [0.717, 1.165) is 22.3 Å². The van der Waals surface area contributed by atoms with E-state index >= 15 is 0 Å². The average Bonchev–Trinajstić information content (AvgIpc) is 2.61. The molecular weight excluding hydrogens is 394 g/mol. The lowest BCUT2D eigenvalue weighted by Gasteiger charge is -2.23. The van der Waals surface area contributed by atoms with Crippen LogP contribution in [0.3, 0.4) is 0 Å². The number of nitrogens with zero attached hydrogens (tertiary/aromatic N) is 1. The van der Waals surface area contributed by atoms with Gasteiger partial charge in [0.2, 0.25) is 0 Å². The first kappa shape index (κ1) is 24.6. The quantitative estimate of drug-likeness (QED) is 0.386. The molecule has 2 rings (SSSR count). The molecule has 0 fully saturated rings. The maximum absolute atomic E-state index is 11.4. The van der Waals surface area contributed by atoms with Crippen LogP contribution in [-0.2, 0) is 14.9 Å². The van der Waals surface area contributed by atoms with Crippen molar-refractivity contribution in [3.8, 4) is 5.75 Å². The summed E-state index contributed by atoms with van der Waals surface area (Å²) in [7, 11) is 2.09. The Bertz CT molecular complexity index is 869. The van der Waals surface area contributed by atoms with E-state index in [1.54, 1.807) is 43.3 Å². The molecule has 0 saturated carbocycles. The van der Waals surface area contributed by atoms with Crippen molar-refractivity contribution in [3.63, 3.8) is 0 Å². The number of benzene rings is 2. The van der Waals surface area contributed by atoms with Gasteiger partial charge in [0, 0.05) is 0 Å². The number of rotatable bonds is 7. The van der Waals surface area contributed by atoms with E-state index in [2.05, 4.69) is 21.1 Å². The zero-order chi connectivity index (χ0) is 22.1. The lowest BCUT2D eigenvalue weighted by atomic mass is 10.2. The number of hydrogen-bond acceptors (Lipinski definition) is 6. The molecule has 0 aliphatic heterocycles. The highest BCUT2D eigenvalue weighted by atomic mass is 32.2. The summed E-state index contributed by atoms with van der Waals surface area (Å²) in [6.07, 6.45) is 0. The summed E-state index contributed by atoms with van der Waals surface area (Å²) < 4.78 is 42.5. The minimum atomic E-state index is -4.27. The zero-order valence-electron chi connectivity index (χ0n) is 17.5. The number of ether oxygens (including phenoxy) is 2. The monoisotopic (exact) mass is 423 g/mol. The highest BCUT2D eigenvalue weighted by molar-refractivity contribution is 7.85. The van der Waals surface area contributed by atoms with Gasteiger partial charge in [0.15, 0.2) is 0 Å². The first-order valence-electron chi connectivity index (χ1n) is 9.15. The Hall–Kier alpha value is -2.42. The lowest BCUT2D eigenvalue weighted by Crippen LogP contribution is -2.38. The van der Waals surface area contributed by atoms with Crippen LogP contribution in [0.1, 0.15) is 22.8 Å². The lowest BCUT2D eigenvalue weighted by molar-refractivity contribution is -0.870. The minimum Gasteiger partial charge on any atom is -0.744 e. The summed E-state index contributed by atoms with van der Waals surface area (Å²) >= 11 is 0. The molecule has 0 N–H and O–H groups in total. The molecule has 2 aromatic rings. The summed E-state index contributed by atoms with van der Waals surface area (Å²) in [6.45, 7) is 5.59. The fourth-order valence-corrected chi connectivity index (χ4v) is 2.51. The number of quaternary nitrogens is 1. The fourth-order valence-electron chi connectivity index (χ4n) is 2.04. The van der Waals surface area contributed by atoms with E-state index in [0.29, 0.717) is 18.8 Å². The predicted molar refractivity (Wildman–Crippen MR) is 110 cm³/mol. The number of carbonyl (C=O) groups is 1. The molecule has 0 aliphatic carbocycles. The molecule has 0 saturated heterocycles. The molecule has 0 aromatic heterocycles. The number of likely N-dealkylation sites (N-methyl/N-ethyl adjacent to an activating group) is 1. The number of carbonyl (C=O) groups excluding carboxylic acids is 1. The Kier molecular flexibility index (Phi) is 9.29. The molecule has 160 valence electrons. The molecule has 0 bridgehead atoms. The van der Waals surface area contributed by atoms with Crippen molar-refractivity contribution in [2.45, 2.75) is 18.7 Å². The van der Waals surface area contributed by atoms with Gasteiger partial charge >= 0.3 is 5.97 Å². The van der Waals surface area contributed by atoms with Crippen molar-refractivity contribution in [1.82, 2.24) is 0 Å². The van der Waals surface area contributed by atoms with Crippen LogP contribution in [0.4, 0.5) is 0 Å². The van der Waals surface area contributed by atoms with Gasteiger partial charge in [-0.1, -0.05) is 17.7 Å². The van der Waals surface area contributed by atoms with Crippen molar-refractivity contribution in [3.05, 3.63) is 59.7 Å². The van der Waals surface area contributed by atoms with Gasteiger partial charge in [-0.2, -0.15) is 0 Å². The van der Waals surface area contributed by atoms with Gasteiger partial charge < -0.3 is 18.5 Å². The van der Waals surface area contributed by atoms with Crippen LogP contribution in [0.25, 0.3) is 0 Å². The summed E-state index contributed by atoms with van der Waals surface area (Å²) in [5.41, 5.74) is 1.48. The van der Waals surface area contributed by atoms with Crippen molar-refractivity contribution < 1.29 is 31.7 Å². The Morgan fingerprint density at radius 2 is 1.55 bits per heavy atom. The van der Waals surface area contributed by atoms with Crippen LogP contribution in [0.15, 0.2) is 53.4 Å². The summed E-state index contributed by atoms with van der Waals surface area (Å²) in [4.78, 5) is 11.3. The predicted octanol–water partition coefficient (Wildman–Crippen LogP) is 2.85. The second-order valence-electron chi connectivity index (χ2n) is 7.37. The maximum atomic E-state index is 11.4. The Morgan fingerprint density at radius 3 is 2.00 bits per heavy atom. The highest BCUT2D eigenvalue weighted by Gasteiger charge is 2.08. The van der Waals surface area contributed by atoms with Crippen molar-refractivity contribution >= 4 is 16.1 Å². The first-order valence-corrected chi connectivity index (χ1v) is 10.6. The van der Waals surface area contributed by atoms with E-state index in [1.165, 1.54) is 12.1 Å². The smallest absolute Gasteiger partial charge is 0.338 e. The number of hydrogen-bond donors (Lipinski definition) is 0. The van der Waals surface area contributed by atoms with Gasteiger partial charge in [0.25, 0.3) is 0 Å². The van der Waals surface area contributed by atoms with E-state index in [-0.39, 0.29) is 10.9 Å². The third-order valence-corrected chi connectivity index (χ3v) is 4.56. The van der Waals surface area contributed by atoms with Crippen LogP contribution in [0.2, 0.25) is 0 Å². The number of esters is 1. The van der Waals surface area contributed by atoms with Crippen LogP contribution < -0.4 is 4.74 Å². The molecule has 0 spiro atoms. The molecule has 0 aliphatic rings. The standard InChI is InChI=1S/C14H22NO3.C7H8O3S/c1-5-17-14(16)12-6-8-13(9-7-12)18-11-10-15(2,3)4;1-6-2-4-7(5-3-6)11(8,9)10/h6-9H,5,10-11H2,1-4H3;2-5H,1H3,(H,8,9,10)/q+1;/p-1. The van der Waals surface area contributed by atoms with E-state index in [1.807, 2.05) is 6.92 Å². The topological polar surface area (TPSA) is 92.7 Å². The SMILES string of the molecule is CCOC(=O)c1ccc(OCC[N+](C)(C)C)cc1.Cc1ccc(S(=O)(=O)[O-])cc1. The van der Waals surface area contributed by atoms with Crippen LogP contribution >= 0.6 is 0 Å². The van der Waals surface area contributed by atoms with Crippen LogP contribution in [-0.4, -0.2) is 64.3 Å². The first-order chi connectivity index (χ1) is 13.4. The third-order valence-electron chi connectivity index (χ3n) is 3.71. The van der Waals surface area contributed by atoms with Crippen LogP contribution in [0.5, 0.6) is 5.75 Å². The Labute approximate surface area is 173 Å². The van der Waals surface area contributed by atoms with E-state index in [9.17, 15) is 17.8 Å². The second-order valence-corrected chi connectivity index (χ2v) is 8.75. The molecule has 0 heterocycles. The minimum absolute atomic E-state index is 0.178. The molecule has 2 aromatic carbocycles. The van der Waals surface area contributed by atoms with Crippen molar-refractivity contribution in [2.75, 3.05) is 40.9 Å². The molecule has 7 nitrogen and oxygen atoms in total. The largest absolute Gasteiger partial charge is 0.744 e. The third kappa shape index (κ3) is 10.1. The van der Waals surface area contributed by atoms with Gasteiger partial charge in [0.1, 0.15) is 29.0 Å². The van der Waals surface area contributed by atoms with Gasteiger partial charge in [-0.15, -0.1) is 0 Å². The Morgan fingerprint density at radius 1 is 1.00 bits per heavy atom. The molecule has 0 atom stereocenters. The maximum Gasteiger partial charge on any atom is 0.338 e. The fraction of sp³-hybridized carbons (Fsp3) is 0.381. The van der Waals surface area contributed by atoms with E-state index < -0.39 is 10.1 Å². The summed E-state index contributed by atoms with van der Waals surface area (Å²) in [5.74, 6) is 0.479. The van der Waals surface area contributed by atoms with Crippen LogP contribution in [0, 0.1) is 6.92 Å². The zero-order valence-corrected chi connectivity index (χ0v) is 18.4. The molecule has 0 radical (unpaired) electrons.